The summed E-state index contributed by atoms with van der Waals surface area (Å²) in [7, 11) is 0. The zero-order valence-electron chi connectivity index (χ0n) is 6.96. The maximum Gasteiger partial charge on any atom is 0.311 e. The number of carboxylic acids is 1. The zero-order chi connectivity index (χ0) is 8.91. The smallest absolute Gasteiger partial charge is 0.311 e. The molecule has 0 aromatic heterocycles. The average molecular weight is 161 g/mol. The van der Waals surface area contributed by atoms with Crippen LogP contribution >= 0.6 is 0 Å². The lowest BCUT2D eigenvalue weighted by molar-refractivity contribution is -0.150. The fourth-order valence-electron chi connectivity index (χ4n) is 0.472. The minimum Gasteiger partial charge on any atom is -0.481 e. The Labute approximate surface area is 66.3 Å². The van der Waals surface area contributed by atoms with E-state index in [-0.39, 0.29) is 6.61 Å². The van der Waals surface area contributed by atoms with Gasteiger partial charge in [0, 0.05) is 6.54 Å². The molecule has 0 heterocycles. The van der Waals surface area contributed by atoms with E-state index < -0.39 is 11.4 Å². The third kappa shape index (κ3) is 3.95. The number of hydrogen-bond donors (Lipinski definition) is 2. The van der Waals surface area contributed by atoms with Gasteiger partial charge in [0.05, 0.1) is 18.6 Å². The molecule has 0 rings (SSSR count). The van der Waals surface area contributed by atoms with Gasteiger partial charge in [-0.1, -0.05) is 0 Å². The van der Waals surface area contributed by atoms with Gasteiger partial charge in [-0.25, -0.2) is 0 Å². The second kappa shape index (κ2) is 4.31. The molecule has 11 heavy (non-hydrogen) atoms. The Bertz CT molecular complexity index is 134. The van der Waals surface area contributed by atoms with Gasteiger partial charge < -0.3 is 15.6 Å². The first kappa shape index (κ1) is 10.4. The Morgan fingerprint density at radius 3 is 2.55 bits per heavy atom. The molecular weight excluding hydrogens is 146 g/mol. The number of carbonyl (C=O) groups is 1. The molecule has 0 unspecified atom stereocenters. The van der Waals surface area contributed by atoms with Crippen molar-refractivity contribution >= 4 is 5.97 Å². The van der Waals surface area contributed by atoms with Crippen LogP contribution in [0.1, 0.15) is 13.8 Å². The number of carboxylic acid groups (broad SMARTS) is 1. The third-order valence-electron chi connectivity index (χ3n) is 1.30. The van der Waals surface area contributed by atoms with Crippen molar-refractivity contribution in [2.75, 3.05) is 19.8 Å². The van der Waals surface area contributed by atoms with Gasteiger partial charge in [0.25, 0.3) is 0 Å². The molecule has 0 amide bonds. The molecule has 0 aliphatic carbocycles. The lowest BCUT2D eigenvalue weighted by Gasteiger charge is -2.18. The third-order valence-corrected chi connectivity index (χ3v) is 1.30. The summed E-state index contributed by atoms with van der Waals surface area (Å²) in [6.07, 6.45) is 0. The van der Waals surface area contributed by atoms with E-state index in [1.165, 1.54) is 0 Å². The molecule has 4 nitrogen and oxygen atoms in total. The van der Waals surface area contributed by atoms with Crippen molar-refractivity contribution in [3.63, 3.8) is 0 Å². The van der Waals surface area contributed by atoms with Crippen molar-refractivity contribution in [2.24, 2.45) is 11.1 Å². The topological polar surface area (TPSA) is 72.5 Å². The Kier molecular flexibility index (Phi) is 4.07. The summed E-state index contributed by atoms with van der Waals surface area (Å²) >= 11 is 0. The lowest BCUT2D eigenvalue weighted by Crippen LogP contribution is -2.30. The summed E-state index contributed by atoms with van der Waals surface area (Å²) < 4.78 is 5.00. The summed E-state index contributed by atoms with van der Waals surface area (Å²) in [4.78, 5) is 10.5. The van der Waals surface area contributed by atoms with E-state index in [0.29, 0.717) is 13.2 Å². The molecule has 66 valence electrons. The van der Waals surface area contributed by atoms with Crippen LogP contribution in [0.2, 0.25) is 0 Å². The Balaban J connectivity index is 3.64. The minimum atomic E-state index is -0.852. The highest BCUT2D eigenvalue weighted by Gasteiger charge is 2.26. The maximum atomic E-state index is 10.5. The summed E-state index contributed by atoms with van der Waals surface area (Å²) in [5.41, 5.74) is 4.35. The molecule has 0 radical (unpaired) electrons. The molecule has 0 atom stereocenters. The van der Waals surface area contributed by atoms with Gasteiger partial charge in [-0.05, 0) is 13.8 Å². The molecule has 0 aromatic carbocycles. The number of rotatable bonds is 5. The van der Waals surface area contributed by atoms with E-state index in [1.807, 2.05) is 0 Å². The van der Waals surface area contributed by atoms with Crippen LogP contribution in [0.5, 0.6) is 0 Å². The maximum absolute atomic E-state index is 10.5. The Morgan fingerprint density at radius 1 is 1.64 bits per heavy atom. The molecule has 0 aliphatic heterocycles. The van der Waals surface area contributed by atoms with E-state index in [9.17, 15) is 4.79 Å². The first-order chi connectivity index (χ1) is 5.00. The Morgan fingerprint density at radius 2 is 2.18 bits per heavy atom. The quantitative estimate of drug-likeness (QED) is 0.560. The lowest BCUT2D eigenvalue weighted by atomic mass is 9.95. The highest BCUT2D eigenvalue weighted by molar-refractivity contribution is 5.73. The summed E-state index contributed by atoms with van der Waals surface area (Å²) in [6.45, 7) is 4.28. The van der Waals surface area contributed by atoms with E-state index in [2.05, 4.69) is 0 Å². The molecule has 0 aliphatic rings. The first-order valence-corrected chi connectivity index (χ1v) is 3.52. The molecule has 0 spiro atoms. The fourth-order valence-corrected chi connectivity index (χ4v) is 0.472. The van der Waals surface area contributed by atoms with Crippen LogP contribution in [0.3, 0.4) is 0 Å². The van der Waals surface area contributed by atoms with Gasteiger partial charge >= 0.3 is 5.97 Å². The van der Waals surface area contributed by atoms with Gasteiger partial charge in [0.2, 0.25) is 0 Å². The molecule has 0 fully saturated rings. The molecule has 0 aromatic rings. The zero-order valence-corrected chi connectivity index (χ0v) is 6.96. The second-order valence-electron chi connectivity index (χ2n) is 3.03. The number of nitrogens with two attached hydrogens (primary N) is 1. The normalized spacial score (nSPS) is 11.5. The molecule has 3 N–H and O–H groups in total. The van der Waals surface area contributed by atoms with E-state index in [1.54, 1.807) is 13.8 Å². The molecule has 4 heteroatoms. The SMILES string of the molecule is CC(C)(COCCN)C(=O)O. The molecule has 0 saturated carbocycles. The van der Waals surface area contributed by atoms with Crippen LogP contribution in [-0.2, 0) is 9.53 Å². The van der Waals surface area contributed by atoms with E-state index >= 15 is 0 Å². The molecule has 0 bridgehead atoms. The predicted molar refractivity (Wildman–Crippen MR) is 41.3 cm³/mol. The Hall–Kier alpha value is -0.610. The monoisotopic (exact) mass is 161 g/mol. The number of ether oxygens (including phenoxy) is 1. The minimum absolute atomic E-state index is 0.208. The van der Waals surface area contributed by atoms with Crippen molar-refractivity contribution in [1.29, 1.82) is 0 Å². The highest BCUT2D eigenvalue weighted by atomic mass is 16.5. The first-order valence-electron chi connectivity index (χ1n) is 3.52. The summed E-state index contributed by atoms with van der Waals surface area (Å²) in [6, 6.07) is 0. The predicted octanol–water partition coefficient (Wildman–Crippen LogP) is 0.0725. The highest BCUT2D eigenvalue weighted by Crippen LogP contribution is 2.14. The number of aliphatic carboxylic acids is 1. The fraction of sp³-hybridized carbons (Fsp3) is 0.857. The van der Waals surface area contributed by atoms with Crippen LogP contribution in [0.15, 0.2) is 0 Å². The molecular formula is C7H15NO3. The number of hydrogen-bond acceptors (Lipinski definition) is 3. The largest absolute Gasteiger partial charge is 0.481 e. The van der Waals surface area contributed by atoms with Crippen molar-refractivity contribution in [3.8, 4) is 0 Å². The van der Waals surface area contributed by atoms with Crippen LogP contribution < -0.4 is 5.73 Å². The summed E-state index contributed by atoms with van der Waals surface area (Å²) in [5.74, 6) is -0.852. The van der Waals surface area contributed by atoms with Gasteiger partial charge in [-0.3, -0.25) is 4.79 Å². The second-order valence-corrected chi connectivity index (χ2v) is 3.03. The van der Waals surface area contributed by atoms with Gasteiger partial charge in [-0.2, -0.15) is 0 Å². The van der Waals surface area contributed by atoms with Crippen molar-refractivity contribution in [2.45, 2.75) is 13.8 Å². The standard InChI is InChI=1S/C7H15NO3/c1-7(2,6(9)10)5-11-4-3-8/h3-5,8H2,1-2H3,(H,9,10). The van der Waals surface area contributed by atoms with Crippen molar-refractivity contribution < 1.29 is 14.6 Å². The summed E-state index contributed by atoms with van der Waals surface area (Å²) in [5, 5.41) is 8.63. The average Bonchev–Trinajstić information content (AvgIpc) is 1.88. The van der Waals surface area contributed by atoms with Crippen LogP contribution in [0.25, 0.3) is 0 Å². The van der Waals surface area contributed by atoms with Crippen LogP contribution in [0, 0.1) is 5.41 Å². The van der Waals surface area contributed by atoms with Crippen LogP contribution in [-0.4, -0.2) is 30.8 Å². The van der Waals surface area contributed by atoms with Gasteiger partial charge in [0.1, 0.15) is 0 Å². The van der Waals surface area contributed by atoms with Crippen molar-refractivity contribution in [3.05, 3.63) is 0 Å². The van der Waals surface area contributed by atoms with E-state index in [0.717, 1.165) is 0 Å². The van der Waals surface area contributed by atoms with Gasteiger partial charge in [0.15, 0.2) is 0 Å². The molecule has 0 saturated heterocycles. The van der Waals surface area contributed by atoms with Crippen LogP contribution in [0.4, 0.5) is 0 Å². The van der Waals surface area contributed by atoms with Gasteiger partial charge in [-0.15, -0.1) is 0 Å². The van der Waals surface area contributed by atoms with Crippen molar-refractivity contribution in [1.82, 2.24) is 0 Å². The van der Waals surface area contributed by atoms with E-state index in [4.69, 9.17) is 15.6 Å².